The highest BCUT2D eigenvalue weighted by atomic mass is 16.5. The Bertz CT molecular complexity index is 2670. The Balaban J connectivity index is 1.05. The molecule has 0 unspecified atom stereocenters. The van der Waals surface area contributed by atoms with Gasteiger partial charge in [-0.15, -0.1) is 0 Å². The Morgan fingerprint density at radius 3 is 1.67 bits per heavy atom. The van der Waals surface area contributed by atoms with E-state index in [2.05, 4.69) is 83.8 Å². The molecule has 0 aliphatic carbocycles. The normalized spacial score (nSPS) is 12.0. The van der Waals surface area contributed by atoms with Crippen LogP contribution >= 0.6 is 0 Å². The van der Waals surface area contributed by atoms with Crippen molar-refractivity contribution in [3.8, 4) is 56.8 Å². The third-order valence-corrected chi connectivity index (χ3v) is 9.30. The number of anilines is 3. The van der Waals surface area contributed by atoms with E-state index in [1.807, 2.05) is 91.0 Å². The standard InChI is InChI=1S/C45H28N4O2/c1-4-12-29(13-5-1)43-46-44(30-14-6-2-7-15-30)48-45(47-43)33-20-23-35-36-26-31(21-24-39(36)50-42(35)28-33)32-22-25-41-38(27-32)49(34-16-8-3-9-17-34)37-18-10-11-19-40(37)51-41/h1-28H. The molecule has 1 aliphatic rings. The minimum Gasteiger partial charge on any atom is -0.456 e. The van der Waals surface area contributed by atoms with Gasteiger partial charge in [0.1, 0.15) is 11.2 Å². The molecule has 0 amide bonds. The Kier molecular flexibility index (Phi) is 6.70. The molecule has 9 aromatic rings. The van der Waals surface area contributed by atoms with Crippen molar-refractivity contribution in [3.63, 3.8) is 0 Å². The SMILES string of the molecule is c1ccc(-c2nc(-c3ccccc3)nc(-c3ccc4c(c3)oc3ccc(-c5ccc6c(c5)N(c5ccccc5)c5ccccc5O6)cc34)n2)cc1. The van der Waals surface area contributed by atoms with Crippen LogP contribution < -0.4 is 9.64 Å². The van der Waals surface area contributed by atoms with Crippen LogP contribution in [0, 0.1) is 0 Å². The van der Waals surface area contributed by atoms with Crippen molar-refractivity contribution in [1.82, 2.24) is 15.0 Å². The van der Waals surface area contributed by atoms with Gasteiger partial charge < -0.3 is 14.1 Å². The highest BCUT2D eigenvalue weighted by Crippen LogP contribution is 2.51. The van der Waals surface area contributed by atoms with Crippen molar-refractivity contribution in [3.05, 3.63) is 170 Å². The van der Waals surface area contributed by atoms with E-state index in [4.69, 9.17) is 24.1 Å². The summed E-state index contributed by atoms with van der Waals surface area (Å²) in [6, 6.07) is 57.5. The first-order valence-electron chi connectivity index (χ1n) is 16.9. The molecule has 51 heavy (non-hydrogen) atoms. The summed E-state index contributed by atoms with van der Waals surface area (Å²) in [7, 11) is 0. The van der Waals surface area contributed by atoms with Crippen LogP contribution in [0.2, 0.25) is 0 Å². The van der Waals surface area contributed by atoms with Crippen molar-refractivity contribution in [2.24, 2.45) is 0 Å². The molecule has 6 heteroatoms. The van der Waals surface area contributed by atoms with Crippen molar-refractivity contribution in [2.45, 2.75) is 0 Å². The highest BCUT2D eigenvalue weighted by molar-refractivity contribution is 6.07. The molecule has 0 saturated carbocycles. The van der Waals surface area contributed by atoms with Crippen molar-refractivity contribution < 1.29 is 9.15 Å². The van der Waals surface area contributed by atoms with Gasteiger partial charge >= 0.3 is 0 Å². The lowest BCUT2D eigenvalue weighted by Gasteiger charge is -2.33. The number of furan rings is 1. The maximum atomic E-state index is 6.44. The van der Waals surface area contributed by atoms with E-state index in [0.29, 0.717) is 17.5 Å². The molecule has 0 bridgehead atoms. The highest BCUT2D eigenvalue weighted by Gasteiger charge is 2.26. The number of hydrogen-bond donors (Lipinski definition) is 0. The quantitative estimate of drug-likeness (QED) is 0.184. The second kappa shape index (κ2) is 11.8. The minimum atomic E-state index is 0.589. The Labute approximate surface area is 293 Å². The first-order chi connectivity index (χ1) is 25.2. The van der Waals surface area contributed by atoms with Crippen molar-refractivity contribution in [2.75, 3.05) is 4.90 Å². The minimum absolute atomic E-state index is 0.589. The lowest BCUT2D eigenvalue weighted by molar-refractivity contribution is 0.477. The molecule has 0 atom stereocenters. The second-order valence-electron chi connectivity index (χ2n) is 12.5. The van der Waals surface area contributed by atoms with Crippen molar-refractivity contribution in [1.29, 1.82) is 0 Å². The number of ether oxygens (including phenoxy) is 1. The topological polar surface area (TPSA) is 64.3 Å². The summed E-state index contributed by atoms with van der Waals surface area (Å²) < 4.78 is 12.8. The summed E-state index contributed by atoms with van der Waals surface area (Å²) in [6.45, 7) is 0. The zero-order chi connectivity index (χ0) is 33.7. The van der Waals surface area contributed by atoms with Gasteiger partial charge in [-0.3, -0.25) is 0 Å². The summed E-state index contributed by atoms with van der Waals surface area (Å²) in [5, 5.41) is 2.07. The van der Waals surface area contributed by atoms with Crippen LogP contribution in [-0.2, 0) is 0 Å². The molecular formula is C45H28N4O2. The summed E-state index contributed by atoms with van der Waals surface area (Å²) in [4.78, 5) is 16.9. The summed E-state index contributed by atoms with van der Waals surface area (Å²) >= 11 is 0. The summed E-state index contributed by atoms with van der Waals surface area (Å²) in [6.07, 6.45) is 0. The Morgan fingerprint density at radius 1 is 0.373 bits per heavy atom. The number of aromatic nitrogens is 3. The van der Waals surface area contributed by atoms with E-state index in [1.165, 1.54) is 0 Å². The monoisotopic (exact) mass is 656 g/mol. The number of nitrogens with zero attached hydrogens (tertiary/aromatic N) is 4. The number of para-hydroxylation sites is 3. The third-order valence-electron chi connectivity index (χ3n) is 9.30. The van der Waals surface area contributed by atoms with Gasteiger partial charge in [-0.1, -0.05) is 109 Å². The molecule has 240 valence electrons. The molecule has 2 aromatic heterocycles. The summed E-state index contributed by atoms with van der Waals surface area (Å²) in [5.41, 5.74) is 9.54. The second-order valence-corrected chi connectivity index (χ2v) is 12.5. The van der Waals surface area contributed by atoms with Crippen LogP contribution in [0.5, 0.6) is 11.5 Å². The van der Waals surface area contributed by atoms with E-state index in [9.17, 15) is 0 Å². The van der Waals surface area contributed by atoms with E-state index < -0.39 is 0 Å². The van der Waals surface area contributed by atoms with Gasteiger partial charge in [-0.2, -0.15) is 0 Å². The van der Waals surface area contributed by atoms with E-state index in [0.717, 1.165) is 78.3 Å². The largest absolute Gasteiger partial charge is 0.456 e. The van der Waals surface area contributed by atoms with Crippen LogP contribution in [-0.4, -0.2) is 15.0 Å². The molecule has 3 heterocycles. The molecule has 0 fully saturated rings. The Morgan fingerprint density at radius 2 is 0.941 bits per heavy atom. The Hall–Kier alpha value is -7.05. The molecule has 10 rings (SSSR count). The van der Waals surface area contributed by atoms with Gasteiger partial charge in [-0.05, 0) is 71.8 Å². The maximum Gasteiger partial charge on any atom is 0.164 e. The lowest BCUT2D eigenvalue weighted by atomic mass is 10.0. The van der Waals surface area contributed by atoms with E-state index in [-0.39, 0.29) is 0 Å². The molecule has 0 saturated heterocycles. The van der Waals surface area contributed by atoms with Crippen LogP contribution in [0.4, 0.5) is 17.1 Å². The molecular weight excluding hydrogens is 629 g/mol. The molecule has 7 aromatic carbocycles. The van der Waals surface area contributed by atoms with Gasteiger partial charge in [0.15, 0.2) is 29.0 Å². The van der Waals surface area contributed by atoms with E-state index >= 15 is 0 Å². The fourth-order valence-electron chi connectivity index (χ4n) is 6.82. The number of hydrogen-bond acceptors (Lipinski definition) is 6. The first-order valence-corrected chi connectivity index (χ1v) is 16.9. The number of rotatable bonds is 5. The first kappa shape index (κ1) is 28.9. The molecule has 0 spiro atoms. The average Bonchev–Trinajstić information content (AvgIpc) is 3.58. The molecule has 0 N–H and O–H groups in total. The fourth-order valence-corrected chi connectivity index (χ4v) is 6.82. The van der Waals surface area contributed by atoms with Gasteiger partial charge in [0, 0.05) is 33.2 Å². The van der Waals surface area contributed by atoms with Crippen LogP contribution in [0.25, 0.3) is 67.2 Å². The van der Waals surface area contributed by atoms with Crippen LogP contribution in [0.3, 0.4) is 0 Å². The van der Waals surface area contributed by atoms with Crippen LogP contribution in [0.1, 0.15) is 0 Å². The van der Waals surface area contributed by atoms with E-state index in [1.54, 1.807) is 0 Å². The fraction of sp³-hybridized carbons (Fsp3) is 0. The third kappa shape index (κ3) is 5.09. The number of benzene rings is 7. The smallest absolute Gasteiger partial charge is 0.164 e. The van der Waals surface area contributed by atoms with Crippen molar-refractivity contribution >= 4 is 39.0 Å². The molecule has 1 aliphatic heterocycles. The predicted octanol–water partition coefficient (Wildman–Crippen LogP) is 12.0. The lowest BCUT2D eigenvalue weighted by Crippen LogP contribution is -2.15. The average molecular weight is 657 g/mol. The number of fused-ring (bicyclic) bond motifs is 5. The van der Waals surface area contributed by atoms with Gasteiger partial charge in [-0.25, -0.2) is 15.0 Å². The molecule has 0 radical (unpaired) electrons. The zero-order valence-corrected chi connectivity index (χ0v) is 27.3. The zero-order valence-electron chi connectivity index (χ0n) is 27.3. The van der Waals surface area contributed by atoms with Gasteiger partial charge in [0.05, 0.1) is 11.4 Å². The van der Waals surface area contributed by atoms with Gasteiger partial charge in [0.2, 0.25) is 0 Å². The van der Waals surface area contributed by atoms with Gasteiger partial charge in [0.25, 0.3) is 0 Å². The predicted molar refractivity (Wildman–Crippen MR) is 204 cm³/mol. The summed E-state index contributed by atoms with van der Waals surface area (Å²) in [5.74, 6) is 3.48. The van der Waals surface area contributed by atoms with Crippen LogP contribution in [0.15, 0.2) is 174 Å². The maximum absolute atomic E-state index is 6.44. The molecule has 6 nitrogen and oxygen atoms in total.